The second-order valence-electron chi connectivity index (χ2n) is 13.7. The van der Waals surface area contributed by atoms with Crippen LogP contribution in [0.25, 0.3) is 111 Å². The molecule has 57 heavy (non-hydrogen) atoms. The van der Waals surface area contributed by atoms with Crippen LogP contribution in [0.2, 0.25) is 0 Å². The van der Waals surface area contributed by atoms with Gasteiger partial charge in [0.25, 0.3) is 0 Å². The van der Waals surface area contributed by atoms with E-state index in [2.05, 4.69) is 52.0 Å². The Hall–Kier alpha value is -7.83. The maximum absolute atomic E-state index is 8.89. The third-order valence-electron chi connectivity index (χ3n) is 10.5. The minimum absolute atomic E-state index is 0.0792. The second-order valence-corrected chi connectivity index (χ2v) is 13.7. The SMILES string of the molecule is [2H]c1c([2H])c([2H])c(-c2nc(-c3c([2H])c([2H])c([2H])c([2H])c3[2H])nc(-n3c4ccccc4c4c3ccc3c5ccccc5n(-c5cc(-c6ccccc6)c6oc7ccccc7c6c5)c34)n2)c([2H])c1[2H]. The summed E-state index contributed by atoms with van der Waals surface area (Å²) >= 11 is 0. The van der Waals surface area contributed by atoms with E-state index >= 15 is 0 Å². The van der Waals surface area contributed by atoms with Crippen molar-refractivity contribution in [3.8, 4) is 45.5 Å². The highest BCUT2D eigenvalue weighted by Crippen LogP contribution is 2.44. The Morgan fingerprint density at radius 1 is 0.456 bits per heavy atom. The van der Waals surface area contributed by atoms with Crippen molar-refractivity contribution in [1.29, 1.82) is 0 Å². The largest absolute Gasteiger partial charge is 0.455 e. The molecular weight excluding hydrogens is 699 g/mol. The molecule has 0 aliphatic heterocycles. The number of aromatic nitrogens is 5. The molecule has 0 saturated carbocycles. The summed E-state index contributed by atoms with van der Waals surface area (Å²) in [6.45, 7) is 0. The topological polar surface area (TPSA) is 61.7 Å². The number of nitrogens with zero attached hydrogens (tertiary/aromatic N) is 5. The summed E-state index contributed by atoms with van der Waals surface area (Å²) in [6.07, 6.45) is 0. The lowest BCUT2D eigenvalue weighted by molar-refractivity contribution is 0.670. The summed E-state index contributed by atoms with van der Waals surface area (Å²) in [7, 11) is 0. The molecule has 0 saturated heterocycles. The lowest BCUT2D eigenvalue weighted by Crippen LogP contribution is -2.06. The van der Waals surface area contributed by atoms with E-state index in [1.165, 1.54) is 0 Å². The average Bonchev–Trinajstić information content (AvgIpc) is 4.02. The van der Waals surface area contributed by atoms with E-state index < -0.39 is 60.4 Å². The smallest absolute Gasteiger partial charge is 0.238 e. The van der Waals surface area contributed by atoms with Gasteiger partial charge in [0.05, 0.1) is 35.8 Å². The Morgan fingerprint density at radius 2 is 1.07 bits per heavy atom. The molecule has 12 aromatic rings. The van der Waals surface area contributed by atoms with Crippen LogP contribution in [-0.2, 0) is 0 Å². The van der Waals surface area contributed by atoms with Crippen molar-refractivity contribution in [2.24, 2.45) is 0 Å². The normalized spacial score (nSPS) is 14.3. The first-order chi connectivity index (χ1) is 32.4. The molecule has 0 spiro atoms. The fourth-order valence-electron chi connectivity index (χ4n) is 8.18. The minimum Gasteiger partial charge on any atom is -0.455 e. The number of hydrogen-bond donors (Lipinski definition) is 0. The molecule has 6 nitrogen and oxygen atoms in total. The third-order valence-corrected chi connectivity index (χ3v) is 10.5. The maximum atomic E-state index is 8.89. The summed E-state index contributed by atoms with van der Waals surface area (Å²) in [5, 5.41) is 5.49. The molecule has 266 valence electrons. The Balaban J connectivity index is 1.22. The zero-order valence-electron chi connectivity index (χ0n) is 39.8. The van der Waals surface area contributed by atoms with Gasteiger partial charge in [-0.05, 0) is 42.0 Å². The van der Waals surface area contributed by atoms with E-state index in [1.54, 1.807) is 4.57 Å². The van der Waals surface area contributed by atoms with Crippen molar-refractivity contribution in [3.63, 3.8) is 0 Å². The standard InChI is InChI=1S/C51H31N5O/c1-4-16-32(17-5-1)40-30-35(31-41-37-23-12-15-27-45(37)57-48(40)41)55-42-25-13-10-22-36(42)38-28-29-44-46(47(38)55)39-24-11-14-26-43(39)56(44)51-53-49(33-18-6-2-7-19-33)52-50(54-51)34-20-8-3-9-21-34/h1-31H/i2D,3D,6D,7D,8D,9D,18D,19D,20D,21D. The molecule has 0 amide bonds. The molecule has 0 N–H and O–H groups in total. The maximum Gasteiger partial charge on any atom is 0.238 e. The van der Waals surface area contributed by atoms with Crippen LogP contribution in [0.3, 0.4) is 0 Å². The van der Waals surface area contributed by atoms with E-state index in [9.17, 15) is 0 Å². The molecule has 0 fully saturated rings. The second kappa shape index (κ2) is 12.3. The van der Waals surface area contributed by atoms with Crippen molar-refractivity contribution >= 4 is 65.6 Å². The van der Waals surface area contributed by atoms with Gasteiger partial charge in [-0.25, -0.2) is 4.98 Å². The summed E-state index contributed by atoms with van der Waals surface area (Å²) < 4.78 is 96.7. The molecule has 0 unspecified atom stereocenters. The highest BCUT2D eigenvalue weighted by Gasteiger charge is 2.24. The number of para-hydroxylation sites is 3. The quantitative estimate of drug-likeness (QED) is 0.176. The van der Waals surface area contributed by atoms with Gasteiger partial charge in [-0.15, -0.1) is 0 Å². The van der Waals surface area contributed by atoms with Gasteiger partial charge in [-0.2, -0.15) is 9.97 Å². The van der Waals surface area contributed by atoms with Gasteiger partial charge < -0.3 is 8.98 Å². The van der Waals surface area contributed by atoms with Crippen molar-refractivity contribution in [3.05, 3.63) is 188 Å². The van der Waals surface area contributed by atoms with Gasteiger partial charge in [0.15, 0.2) is 11.6 Å². The van der Waals surface area contributed by atoms with Crippen LogP contribution in [0.5, 0.6) is 0 Å². The predicted molar refractivity (Wildman–Crippen MR) is 232 cm³/mol. The fourth-order valence-corrected chi connectivity index (χ4v) is 8.18. The zero-order chi connectivity index (χ0) is 46.2. The van der Waals surface area contributed by atoms with Crippen molar-refractivity contribution in [1.82, 2.24) is 24.1 Å². The Morgan fingerprint density at radius 3 is 1.79 bits per heavy atom. The van der Waals surface area contributed by atoms with Crippen molar-refractivity contribution in [2.45, 2.75) is 0 Å². The first kappa shape index (κ1) is 23.2. The Bertz CT molecular complexity index is 3980. The molecule has 6 heteroatoms. The first-order valence-corrected chi connectivity index (χ1v) is 18.3. The summed E-state index contributed by atoms with van der Waals surface area (Å²) in [5.41, 5.74) is 6.68. The van der Waals surface area contributed by atoms with Gasteiger partial charge in [0, 0.05) is 54.7 Å². The lowest BCUT2D eigenvalue weighted by atomic mass is 10.0. The summed E-state index contributed by atoms with van der Waals surface area (Å²) in [4.78, 5) is 14.2. The van der Waals surface area contributed by atoms with Crippen LogP contribution >= 0.6 is 0 Å². The van der Waals surface area contributed by atoms with Crippen LogP contribution < -0.4 is 0 Å². The Kier molecular flexibility index (Phi) is 5.02. The summed E-state index contributed by atoms with van der Waals surface area (Å²) in [5.74, 6) is -0.775. The molecule has 8 aromatic carbocycles. The third kappa shape index (κ3) is 4.81. The molecule has 0 atom stereocenters. The van der Waals surface area contributed by atoms with Crippen LogP contribution in [0.1, 0.15) is 13.7 Å². The molecule has 4 aromatic heterocycles. The van der Waals surface area contributed by atoms with E-state index in [0.29, 0.717) is 11.0 Å². The molecule has 12 rings (SSSR count). The number of fused-ring (bicyclic) bond motifs is 10. The predicted octanol–water partition coefficient (Wildman–Crippen LogP) is 13.0. The highest BCUT2D eigenvalue weighted by atomic mass is 16.3. The first-order valence-electron chi connectivity index (χ1n) is 23.3. The molecule has 0 aliphatic carbocycles. The molecule has 0 radical (unpaired) electrons. The van der Waals surface area contributed by atoms with E-state index in [0.717, 1.165) is 71.3 Å². The minimum atomic E-state index is -0.619. The van der Waals surface area contributed by atoms with Gasteiger partial charge >= 0.3 is 0 Å². The van der Waals surface area contributed by atoms with Crippen LogP contribution in [0.4, 0.5) is 0 Å². The van der Waals surface area contributed by atoms with E-state index in [4.69, 9.17) is 28.1 Å². The van der Waals surface area contributed by atoms with E-state index in [1.807, 2.05) is 84.9 Å². The summed E-state index contributed by atoms with van der Waals surface area (Å²) in [6, 6.07) is 36.2. The number of benzene rings is 8. The monoisotopic (exact) mass is 739 g/mol. The number of furan rings is 1. The lowest BCUT2D eigenvalue weighted by Gasteiger charge is -2.13. The molecule has 0 aliphatic rings. The number of hydrogen-bond acceptors (Lipinski definition) is 4. The van der Waals surface area contributed by atoms with Gasteiger partial charge in [-0.3, -0.25) is 4.57 Å². The van der Waals surface area contributed by atoms with Gasteiger partial charge in [0.2, 0.25) is 5.95 Å². The highest BCUT2D eigenvalue weighted by molar-refractivity contribution is 6.26. The fraction of sp³-hybridized carbons (Fsp3) is 0. The van der Waals surface area contributed by atoms with Crippen LogP contribution in [0.15, 0.2) is 192 Å². The van der Waals surface area contributed by atoms with Crippen LogP contribution in [0, 0.1) is 0 Å². The average molecular weight is 740 g/mol. The molecular formula is C51H31N5O. The van der Waals surface area contributed by atoms with Crippen LogP contribution in [-0.4, -0.2) is 24.1 Å². The van der Waals surface area contributed by atoms with Gasteiger partial charge in [0.1, 0.15) is 11.2 Å². The van der Waals surface area contributed by atoms with Crippen molar-refractivity contribution < 1.29 is 18.1 Å². The van der Waals surface area contributed by atoms with Gasteiger partial charge in [-0.1, -0.05) is 151 Å². The van der Waals surface area contributed by atoms with Crippen molar-refractivity contribution in [2.75, 3.05) is 0 Å². The molecule has 0 bridgehead atoms. The number of rotatable bonds is 5. The van der Waals surface area contributed by atoms with E-state index in [-0.39, 0.29) is 28.7 Å². The zero-order valence-corrected chi connectivity index (χ0v) is 29.8. The Labute approximate surface area is 340 Å². The molecule has 4 heterocycles.